The minimum absolute atomic E-state index is 0.157. The van der Waals surface area contributed by atoms with Crippen molar-refractivity contribution in [3.05, 3.63) is 47.2 Å². The molecule has 0 aliphatic carbocycles. The number of alkyl halides is 3. The number of aromatic nitrogens is 5. The number of nitrogens with zero attached hydrogens (tertiary/aromatic N) is 5. The van der Waals surface area contributed by atoms with Gasteiger partial charge >= 0.3 is 6.18 Å². The molecule has 0 radical (unpaired) electrons. The van der Waals surface area contributed by atoms with E-state index in [0.717, 1.165) is 10.6 Å². The smallest absolute Gasteiger partial charge is 0.337 e. The molecule has 1 aliphatic rings. The van der Waals surface area contributed by atoms with E-state index in [4.69, 9.17) is 0 Å². The van der Waals surface area contributed by atoms with Gasteiger partial charge in [-0.25, -0.2) is 9.50 Å². The fourth-order valence-electron chi connectivity index (χ4n) is 3.70. The molecule has 3 aromatic rings. The number of hydrogen-bond donors (Lipinski definition) is 1. The first-order chi connectivity index (χ1) is 14.0. The van der Waals surface area contributed by atoms with Crippen LogP contribution in [0.2, 0.25) is 0 Å². The molecule has 0 saturated carbocycles. The molecule has 1 aliphatic heterocycles. The lowest BCUT2D eigenvalue weighted by Gasteiger charge is -2.31. The first-order valence-electron chi connectivity index (χ1n) is 9.81. The normalized spacial score (nSPS) is 16.4. The highest BCUT2D eigenvalue weighted by Gasteiger charge is 2.37. The highest BCUT2D eigenvalue weighted by Crippen LogP contribution is 2.35. The molecular weight excluding hydrogens is 397 g/mol. The second kappa shape index (κ2) is 7.10. The van der Waals surface area contributed by atoms with Crippen LogP contribution in [0, 0.1) is 0 Å². The van der Waals surface area contributed by atoms with Gasteiger partial charge in [0.2, 0.25) is 0 Å². The van der Waals surface area contributed by atoms with Crippen molar-refractivity contribution in [2.45, 2.75) is 51.1 Å². The minimum Gasteiger partial charge on any atom is -0.337 e. The lowest BCUT2D eigenvalue weighted by atomic mass is 9.92. The summed E-state index contributed by atoms with van der Waals surface area (Å²) in [5.74, 6) is -0.314. The second-order valence-electron chi connectivity index (χ2n) is 8.65. The van der Waals surface area contributed by atoms with Crippen molar-refractivity contribution in [3.8, 4) is 0 Å². The molecule has 7 nitrogen and oxygen atoms in total. The number of hydrogen-bond acceptors (Lipinski definition) is 4. The largest absolute Gasteiger partial charge is 0.433 e. The maximum absolute atomic E-state index is 13.7. The van der Waals surface area contributed by atoms with Crippen molar-refractivity contribution in [1.29, 1.82) is 0 Å². The lowest BCUT2D eigenvalue weighted by molar-refractivity contribution is -0.142. The van der Waals surface area contributed by atoms with Crippen molar-refractivity contribution >= 4 is 11.6 Å². The molecule has 30 heavy (non-hydrogen) atoms. The van der Waals surface area contributed by atoms with E-state index in [1.807, 2.05) is 20.8 Å². The van der Waals surface area contributed by atoms with Crippen molar-refractivity contribution in [2.24, 2.45) is 0 Å². The van der Waals surface area contributed by atoms with Crippen molar-refractivity contribution in [1.82, 2.24) is 29.7 Å². The van der Waals surface area contributed by atoms with Gasteiger partial charge in [0.1, 0.15) is 11.4 Å². The maximum atomic E-state index is 13.7. The van der Waals surface area contributed by atoms with Gasteiger partial charge in [-0.05, 0) is 25.0 Å². The van der Waals surface area contributed by atoms with E-state index in [-0.39, 0.29) is 17.5 Å². The van der Waals surface area contributed by atoms with Crippen molar-refractivity contribution in [2.75, 3.05) is 13.1 Å². The Morgan fingerprint density at radius 2 is 1.87 bits per heavy atom. The van der Waals surface area contributed by atoms with Crippen molar-refractivity contribution < 1.29 is 18.0 Å². The van der Waals surface area contributed by atoms with Gasteiger partial charge in [-0.3, -0.25) is 9.89 Å². The van der Waals surface area contributed by atoms with Crippen LogP contribution in [0.15, 0.2) is 24.4 Å². The van der Waals surface area contributed by atoms with Crippen LogP contribution in [0.25, 0.3) is 5.65 Å². The number of aromatic amines is 1. The zero-order valence-electron chi connectivity index (χ0n) is 17.0. The molecule has 1 saturated heterocycles. The molecule has 1 fully saturated rings. The quantitative estimate of drug-likeness (QED) is 0.684. The lowest BCUT2D eigenvalue weighted by Crippen LogP contribution is -2.38. The van der Waals surface area contributed by atoms with Crippen LogP contribution >= 0.6 is 0 Å². The summed E-state index contributed by atoms with van der Waals surface area (Å²) in [5.41, 5.74) is 0.326. The van der Waals surface area contributed by atoms with Crippen LogP contribution in [-0.4, -0.2) is 48.7 Å². The van der Waals surface area contributed by atoms with Crippen molar-refractivity contribution in [3.63, 3.8) is 0 Å². The summed E-state index contributed by atoms with van der Waals surface area (Å²) >= 11 is 0. The first kappa shape index (κ1) is 20.4. The summed E-state index contributed by atoms with van der Waals surface area (Å²) in [5, 5.41) is 10.6. The third-order valence-electron chi connectivity index (χ3n) is 5.44. The van der Waals surface area contributed by atoms with E-state index in [2.05, 4.69) is 20.3 Å². The fraction of sp³-hybridized carbons (Fsp3) is 0.500. The van der Waals surface area contributed by atoms with Crippen LogP contribution in [0.3, 0.4) is 0 Å². The number of rotatable bonds is 2. The monoisotopic (exact) mass is 420 g/mol. The predicted molar refractivity (Wildman–Crippen MR) is 103 cm³/mol. The number of likely N-dealkylation sites (tertiary alicyclic amines) is 1. The van der Waals surface area contributed by atoms with Gasteiger partial charge in [0, 0.05) is 42.4 Å². The Labute approximate surface area is 171 Å². The molecule has 160 valence electrons. The average molecular weight is 420 g/mol. The Morgan fingerprint density at radius 1 is 1.17 bits per heavy atom. The summed E-state index contributed by atoms with van der Waals surface area (Å²) in [6.07, 6.45) is -1.95. The maximum Gasteiger partial charge on any atom is 0.433 e. The predicted octanol–water partition coefficient (Wildman–Crippen LogP) is 3.79. The topological polar surface area (TPSA) is 79.2 Å². The summed E-state index contributed by atoms with van der Waals surface area (Å²) in [6.45, 7) is 6.59. The fourth-order valence-corrected chi connectivity index (χ4v) is 3.70. The Balaban J connectivity index is 1.62. The number of amides is 1. The average Bonchev–Trinajstić information content (AvgIpc) is 3.35. The number of halogens is 3. The highest BCUT2D eigenvalue weighted by molar-refractivity contribution is 5.92. The van der Waals surface area contributed by atoms with E-state index in [1.165, 1.54) is 6.20 Å². The molecule has 0 atom stereocenters. The molecule has 0 spiro atoms. The Bertz CT molecular complexity index is 1060. The first-order valence-corrected chi connectivity index (χ1v) is 9.81. The second-order valence-corrected chi connectivity index (χ2v) is 8.65. The van der Waals surface area contributed by atoms with Gasteiger partial charge in [-0.1, -0.05) is 20.8 Å². The molecule has 1 amide bonds. The molecule has 3 aromatic heterocycles. The summed E-state index contributed by atoms with van der Waals surface area (Å²) in [6, 6.07) is 4.32. The number of nitrogens with one attached hydrogen (secondary N) is 1. The molecule has 0 aromatic carbocycles. The van der Waals surface area contributed by atoms with Crippen LogP contribution in [-0.2, 0) is 11.6 Å². The number of fused-ring (bicyclic) bond motifs is 1. The van der Waals surface area contributed by atoms with E-state index >= 15 is 0 Å². The Hall–Kier alpha value is -2.91. The third kappa shape index (κ3) is 3.78. The van der Waals surface area contributed by atoms with Crippen LogP contribution in [0.1, 0.15) is 67.1 Å². The molecule has 4 rings (SSSR count). The van der Waals surface area contributed by atoms with Crippen LogP contribution in [0.4, 0.5) is 13.2 Å². The summed E-state index contributed by atoms with van der Waals surface area (Å²) < 4.78 is 42.1. The van der Waals surface area contributed by atoms with Gasteiger partial charge in [0.05, 0.1) is 5.69 Å². The van der Waals surface area contributed by atoms with Gasteiger partial charge in [-0.2, -0.15) is 23.4 Å². The Kier molecular flexibility index (Phi) is 4.82. The van der Waals surface area contributed by atoms with E-state index < -0.39 is 17.3 Å². The summed E-state index contributed by atoms with van der Waals surface area (Å²) in [4.78, 5) is 18.6. The third-order valence-corrected chi connectivity index (χ3v) is 5.44. The SMILES string of the molecule is CC(C)(C)c1cc2nc(C3CCN(C(=O)c4ccn[nH]4)CC3)cc(C(F)(F)F)n2n1. The molecule has 10 heteroatoms. The van der Waals surface area contributed by atoms with E-state index in [9.17, 15) is 18.0 Å². The molecule has 4 heterocycles. The number of carbonyl (C=O) groups is 1. The standard InChI is InChI=1S/C20H23F3N6O/c1-19(2,3)15-11-17-25-14(10-16(20(21,22)23)29(17)27-15)12-5-8-28(9-6-12)18(30)13-4-7-24-26-13/h4,7,10-12H,5-6,8-9H2,1-3H3,(H,24,26). The minimum atomic E-state index is -4.55. The zero-order chi connectivity index (χ0) is 21.7. The van der Waals surface area contributed by atoms with Gasteiger partial charge in [-0.15, -0.1) is 0 Å². The molecule has 0 bridgehead atoms. The Morgan fingerprint density at radius 3 is 2.43 bits per heavy atom. The molecular formula is C20H23F3N6O. The van der Waals surface area contributed by atoms with Gasteiger partial charge < -0.3 is 4.90 Å². The van der Waals surface area contributed by atoms with Gasteiger partial charge in [0.15, 0.2) is 5.65 Å². The number of piperidine rings is 1. The van der Waals surface area contributed by atoms with Crippen LogP contribution < -0.4 is 0 Å². The van der Waals surface area contributed by atoms with E-state index in [0.29, 0.717) is 43.0 Å². The van der Waals surface area contributed by atoms with E-state index in [1.54, 1.807) is 17.0 Å². The van der Waals surface area contributed by atoms with Gasteiger partial charge in [0.25, 0.3) is 5.91 Å². The number of H-pyrrole nitrogens is 1. The van der Waals surface area contributed by atoms with Crippen LogP contribution in [0.5, 0.6) is 0 Å². The molecule has 1 N–H and O–H groups in total. The highest BCUT2D eigenvalue weighted by atomic mass is 19.4. The number of carbonyl (C=O) groups excluding carboxylic acids is 1. The summed E-state index contributed by atoms with van der Waals surface area (Å²) in [7, 11) is 0. The molecule has 0 unspecified atom stereocenters. The zero-order valence-corrected chi connectivity index (χ0v) is 17.0.